The number of aromatic nitrogens is 2. The Kier molecular flexibility index (Phi) is 8.41. The van der Waals surface area contributed by atoms with Crippen molar-refractivity contribution >= 4 is 0 Å². The van der Waals surface area contributed by atoms with E-state index in [9.17, 15) is 5.11 Å². The number of ether oxygens (including phenoxy) is 3. The molecule has 198 valence electrons. The minimum Gasteiger partial charge on any atom is -0.497 e. The van der Waals surface area contributed by atoms with Gasteiger partial charge in [-0.2, -0.15) is 5.10 Å². The number of para-hydroxylation sites is 1. The Morgan fingerprint density at radius 1 is 1.05 bits per heavy atom. The summed E-state index contributed by atoms with van der Waals surface area (Å²) in [5.41, 5.74) is 3.05. The van der Waals surface area contributed by atoms with Crippen LogP contribution in [0.3, 0.4) is 0 Å². The van der Waals surface area contributed by atoms with Gasteiger partial charge in [-0.3, -0.25) is 9.80 Å². The highest BCUT2D eigenvalue weighted by atomic mass is 16.5. The van der Waals surface area contributed by atoms with E-state index in [1.165, 1.54) is 0 Å². The second-order valence-electron chi connectivity index (χ2n) is 9.84. The van der Waals surface area contributed by atoms with Crippen molar-refractivity contribution in [2.24, 2.45) is 0 Å². The van der Waals surface area contributed by atoms with Gasteiger partial charge in [0, 0.05) is 38.8 Å². The first-order valence-corrected chi connectivity index (χ1v) is 13.3. The number of hydrogen-bond donors (Lipinski definition) is 1. The normalized spacial score (nSPS) is 17.2. The van der Waals surface area contributed by atoms with Gasteiger partial charge in [-0.25, -0.2) is 4.68 Å². The van der Waals surface area contributed by atoms with E-state index in [2.05, 4.69) is 16.7 Å². The Hall–Kier alpha value is -2.91. The average molecular weight is 507 g/mol. The van der Waals surface area contributed by atoms with Crippen LogP contribution in [0.1, 0.15) is 31.0 Å². The number of morpholine rings is 1. The van der Waals surface area contributed by atoms with E-state index in [1.54, 1.807) is 7.11 Å². The molecular weight excluding hydrogens is 468 g/mol. The lowest BCUT2D eigenvalue weighted by atomic mass is 10.1. The molecule has 8 heteroatoms. The molecule has 2 heterocycles. The molecule has 5 rings (SSSR count). The number of aryl methyl sites for hydroxylation is 1. The lowest BCUT2D eigenvalue weighted by molar-refractivity contribution is 0.00544. The smallest absolute Gasteiger partial charge is 0.227 e. The summed E-state index contributed by atoms with van der Waals surface area (Å²) in [6, 6.07) is 18.2. The van der Waals surface area contributed by atoms with Gasteiger partial charge in [0.05, 0.1) is 43.4 Å². The number of aliphatic hydroxyl groups excluding tert-OH is 1. The fourth-order valence-corrected chi connectivity index (χ4v) is 4.92. The summed E-state index contributed by atoms with van der Waals surface area (Å²) in [4.78, 5) is 4.71. The SMILES string of the molecule is CCc1nn(-c2ccccc2)c(Oc2ccc(OC)cc2)c1CN(CC(O)CN1CCOCC1)C1CC1. The Labute approximate surface area is 219 Å². The predicted molar refractivity (Wildman–Crippen MR) is 143 cm³/mol. The van der Waals surface area contributed by atoms with E-state index in [0.717, 1.165) is 79.9 Å². The molecule has 0 amide bonds. The third-order valence-corrected chi connectivity index (χ3v) is 7.07. The van der Waals surface area contributed by atoms with Crippen LogP contribution in [0.5, 0.6) is 17.4 Å². The molecule has 1 aliphatic carbocycles. The van der Waals surface area contributed by atoms with Crippen molar-refractivity contribution in [2.75, 3.05) is 46.5 Å². The van der Waals surface area contributed by atoms with Crippen molar-refractivity contribution in [1.29, 1.82) is 0 Å². The van der Waals surface area contributed by atoms with Crippen LogP contribution in [0.2, 0.25) is 0 Å². The molecule has 0 radical (unpaired) electrons. The minimum absolute atomic E-state index is 0.418. The Morgan fingerprint density at radius 2 is 1.76 bits per heavy atom. The molecule has 3 aromatic rings. The molecule has 2 aliphatic rings. The van der Waals surface area contributed by atoms with Gasteiger partial charge in [0.1, 0.15) is 11.5 Å². The Bertz CT molecular complexity index is 1120. The molecule has 1 saturated heterocycles. The van der Waals surface area contributed by atoms with Crippen molar-refractivity contribution in [3.63, 3.8) is 0 Å². The number of β-amino-alcohol motifs (C(OH)–C–C–N with tert-alkyl or cyclic N) is 1. The van der Waals surface area contributed by atoms with Crippen molar-refractivity contribution in [3.8, 4) is 23.1 Å². The van der Waals surface area contributed by atoms with Gasteiger partial charge in [0.2, 0.25) is 5.88 Å². The maximum Gasteiger partial charge on any atom is 0.227 e. The lowest BCUT2D eigenvalue weighted by Crippen LogP contribution is -2.45. The first kappa shape index (κ1) is 25.7. The number of benzene rings is 2. The standard InChI is InChI=1S/C29H38N4O4/c1-3-28-27(21-32(22-9-10-22)20-24(34)19-31-15-17-36-18-16-31)29(33(30-28)23-7-5-4-6-8-23)37-26-13-11-25(35-2)12-14-26/h4-8,11-14,22,24,34H,3,9-10,15-21H2,1-2H3. The summed E-state index contributed by atoms with van der Waals surface area (Å²) in [6.45, 7) is 7.36. The zero-order chi connectivity index (χ0) is 25.6. The van der Waals surface area contributed by atoms with Crippen LogP contribution < -0.4 is 9.47 Å². The molecule has 1 aromatic heterocycles. The maximum atomic E-state index is 11.0. The van der Waals surface area contributed by atoms with E-state index >= 15 is 0 Å². The summed E-state index contributed by atoms with van der Waals surface area (Å²) < 4.78 is 19.2. The molecule has 1 saturated carbocycles. The second-order valence-corrected chi connectivity index (χ2v) is 9.84. The van der Waals surface area contributed by atoms with E-state index in [4.69, 9.17) is 19.3 Å². The highest BCUT2D eigenvalue weighted by molar-refractivity contribution is 5.44. The molecule has 2 aromatic carbocycles. The van der Waals surface area contributed by atoms with Crippen LogP contribution in [-0.4, -0.2) is 83.3 Å². The third kappa shape index (κ3) is 6.51. The predicted octanol–water partition coefficient (Wildman–Crippen LogP) is 3.89. The molecule has 8 nitrogen and oxygen atoms in total. The summed E-state index contributed by atoms with van der Waals surface area (Å²) in [6.07, 6.45) is 2.70. The third-order valence-electron chi connectivity index (χ3n) is 7.07. The van der Waals surface area contributed by atoms with Crippen LogP contribution >= 0.6 is 0 Å². The van der Waals surface area contributed by atoms with E-state index in [-0.39, 0.29) is 0 Å². The van der Waals surface area contributed by atoms with Crippen molar-refractivity contribution in [2.45, 2.75) is 44.9 Å². The van der Waals surface area contributed by atoms with Crippen LogP contribution in [0.15, 0.2) is 54.6 Å². The van der Waals surface area contributed by atoms with Crippen LogP contribution in [0, 0.1) is 0 Å². The van der Waals surface area contributed by atoms with Crippen molar-refractivity contribution in [1.82, 2.24) is 19.6 Å². The molecular formula is C29H38N4O4. The van der Waals surface area contributed by atoms with Gasteiger partial charge < -0.3 is 19.3 Å². The quantitative estimate of drug-likeness (QED) is 0.400. The average Bonchev–Trinajstić information content (AvgIpc) is 3.73. The fraction of sp³-hybridized carbons (Fsp3) is 0.483. The summed E-state index contributed by atoms with van der Waals surface area (Å²) in [5.74, 6) is 2.24. The van der Waals surface area contributed by atoms with Crippen LogP contribution in [0.4, 0.5) is 0 Å². The number of nitrogens with zero attached hydrogens (tertiary/aromatic N) is 4. The second kappa shape index (κ2) is 12.1. The first-order valence-electron chi connectivity index (χ1n) is 13.3. The van der Waals surface area contributed by atoms with E-state index < -0.39 is 6.10 Å². The monoisotopic (exact) mass is 506 g/mol. The van der Waals surface area contributed by atoms with Crippen molar-refractivity contribution < 1.29 is 19.3 Å². The van der Waals surface area contributed by atoms with Crippen molar-refractivity contribution in [3.05, 3.63) is 65.9 Å². The van der Waals surface area contributed by atoms with Gasteiger partial charge in [-0.1, -0.05) is 25.1 Å². The number of hydrogen-bond acceptors (Lipinski definition) is 7. The number of aliphatic hydroxyl groups is 1. The summed E-state index contributed by atoms with van der Waals surface area (Å²) >= 11 is 0. The van der Waals surface area contributed by atoms with E-state index in [0.29, 0.717) is 25.7 Å². The first-order chi connectivity index (χ1) is 18.1. The van der Waals surface area contributed by atoms with Gasteiger partial charge in [-0.15, -0.1) is 0 Å². The molecule has 1 aliphatic heterocycles. The highest BCUT2D eigenvalue weighted by Crippen LogP contribution is 2.36. The summed E-state index contributed by atoms with van der Waals surface area (Å²) in [7, 11) is 1.66. The molecule has 0 bridgehead atoms. The molecule has 1 atom stereocenters. The zero-order valence-corrected chi connectivity index (χ0v) is 21.9. The van der Waals surface area contributed by atoms with Gasteiger partial charge in [0.15, 0.2) is 0 Å². The molecule has 37 heavy (non-hydrogen) atoms. The maximum absolute atomic E-state index is 11.0. The molecule has 1 N–H and O–H groups in total. The number of rotatable bonds is 12. The molecule has 1 unspecified atom stereocenters. The minimum atomic E-state index is -0.418. The lowest BCUT2D eigenvalue weighted by Gasteiger charge is -2.31. The molecule has 2 fully saturated rings. The van der Waals surface area contributed by atoms with Gasteiger partial charge in [0.25, 0.3) is 0 Å². The topological polar surface area (TPSA) is 72.2 Å². The summed E-state index contributed by atoms with van der Waals surface area (Å²) in [5, 5.41) is 16.0. The number of methoxy groups -OCH3 is 1. The van der Waals surface area contributed by atoms with Crippen LogP contribution in [-0.2, 0) is 17.7 Å². The largest absolute Gasteiger partial charge is 0.497 e. The highest BCUT2D eigenvalue weighted by Gasteiger charge is 2.33. The van der Waals surface area contributed by atoms with Crippen LogP contribution in [0.25, 0.3) is 5.69 Å². The Balaban J connectivity index is 1.42. The zero-order valence-electron chi connectivity index (χ0n) is 21.9. The fourth-order valence-electron chi connectivity index (χ4n) is 4.92. The molecule has 0 spiro atoms. The van der Waals surface area contributed by atoms with Gasteiger partial charge in [-0.05, 0) is 55.7 Å². The van der Waals surface area contributed by atoms with E-state index in [1.807, 2.05) is 59.3 Å². The van der Waals surface area contributed by atoms with Gasteiger partial charge >= 0.3 is 0 Å². The Morgan fingerprint density at radius 3 is 2.41 bits per heavy atom.